The molecule has 0 spiro atoms. The molecule has 3 rings (SSSR count). The van der Waals surface area contributed by atoms with Gasteiger partial charge in [0, 0.05) is 32.7 Å². The molecule has 0 aliphatic carbocycles. The molecule has 1 fully saturated rings. The summed E-state index contributed by atoms with van der Waals surface area (Å²) in [4.78, 5) is 19.4. The van der Waals surface area contributed by atoms with Crippen LogP contribution in [0.15, 0.2) is 42.5 Å². The SMILES string of the molecule is CCN1CCN(C(=O)C(C)N(C)Cc2cccc3ccccc23)CC1. The topological polar surface area (TPSA) is 26.8 Å². The molecule has 1 unspecified atom stereocenters. The predicted octanol–water partition coefficient (Wildman–Crippen LogP) is 2.82. The molecule has 25 heavy (non-hydrogen) atoms. The summed E-state index contributed by atoms with van der Waals surface area (Å²) in [5.74, 6) is 0.249. The third kappa shape index (κ3) is 4.02. The Morgan fingerprint density at radius 2 is 1.76 bits per heavy atom. The van der Waals surface area contributed by atoms with Crippen molar-refractivity contribution in [3.8, 4) is 0 Å². The first-order chi connectivity index (χ1) is 12.1. The summed E-state index contributed by atoms with van der Waals surface area (Å²) in [6.45, 7) is 9.72. The lowest BCUT2D eigenvalue weighted by Gasteiger charge is -2.37. The van der Waals surface area contributed by atoms with Gasteiger partial charge in [-0.1, -0.05) is 49.4 Å². The fourth-order valence-corrected chi connectivity index (χ4v) is 3.57. The minimum Gasteiger partial charge on any atom is -0.339 e. The fourth-order valence-electron chi connectivity index (χ4n) is 3.57. The average molecular weight is 339 g/mol. The molecule has 4 heteroatoms. The number of hydrogen-bond acceptors (Lipinski definition) is 3. The van der Waals surface area contributed by atoms with Gasteiger partial charge in [-0.2, -0.15) is 0 Å². The Morgan fingerprint density at radius 1 is 1.08 bits per heavy atom. The number of amides is 1. The number of benzene rings is 2. The number of carbonyl (C=O) groups excluding carboxylic acids is 1. The van der Waals surface area contributed by atoms with Crippen molar-refractivity contribution in [2.24, 2.45) is 0 Å². The molecular weight excluding hydrogens is 310 g/mol. The normalized spacial score (nSPS) is 17.2. The van der Waals surface area contributed by atoms with Crippen molar-refractivity contribution in [2.75, 3.05) is 39.8 Å². The molecule has 0 saturated carbocycles. The van der Waals surface area contributed by atoms with Gasteiger partial charge in [-0.05, 0) is 36.9 Å². The molecular formula is C21H29N3O. The Bertz CT molecular complexity index is 717. The van der Waals surface area contributed by atoms with Gasteiger partial charge >= 0.3 is 0 Å². The summed E-state index contributed by atoms with van der Waals surface area (Å²) in [6, 6.07) is 14.7. The second kappa shape index (κ2) is 7.98. The highest BCUT2D eigenvalue weighted by molar-refractivity contribution is 5.86. The molecule has 2 aromatic carbocycles. The number of hydrogen-bond donors (Lipinski definition) is 0. The van der Waals surface area contributed by atoms with E-state index in [2.05, 4.69) is 59.2 Å². The van der Waals surface area contributed by atoms with Crippen molar-refractivity contribution in [2.45, 2.75) is 26.4 Å². The van der Waals surface area contributed by atoms with Crippen LogP contribution in [-0.2, 0) is 11.3 Å². The van der Waals surface area contributed by atoms with E-state index in [0.29, 0.717) is 0 Å². The van der Waals surface area contributed by atoms with Crippen molar-refractivity contribution in [3.05, 3.63) is 48.0 Å². The van der Waals surface area contributed by atoms with Crippen molar-refractivity contribution in [3.63, 3.8) is 0 Å². The lowest BCUT2D eigenvalue weighted by atomic mass is 10.0. The molecule has 1 heterocycles. The van der Waals surface area contributed by atoms with E-state index in [0.717, 1.165) is 39.3 Å². The summed E-state index contributed by atoms with van der Waals surface area (Å²) in [5.41, 5.74) is 1.27. The largest absolute Gasteiger partial charge is 0.339 e. The number of rotatable bonds is 5. The van der Waals surface area contributed by atoms with Crippen molar-refractivity contribution >= 4 is 16.7 Å². The van der Waals surface area contributed by atoms with Gasteiger partial charge in [0.2, 0.25) is 5.91 Å². The van der Waals surface area contributed by atoms with Crippen LogP contribution in [0, 0.1) is 0 Å². The van der Waals surface area contributed by atoms with Gasteiger partial charge in [0.1, 0.15) is 0 Å². The maximum absolute atomic E-state index is 12.9. The third-order valence-corrected chi connectivity index (χ3v) is 5.45. The van der Waals surface area contributed by atoms with Crippen LogP contribution >= 0.6 is 0 Å². The van der Waals surface area contributed by atoms with E-state index in [1.807, 2.05) is 18.9 Å². The molecule has 0 radical (unpaired) electrons. The van der Waals surface area contributed by atoms with Crippen LogP contribution in [0.5, 0.6) is 0 Å². The highest BCUT2D eigenvalue weighted by Crippen LogP contribution is 2.20. The van der Waals surface area contributed by atoms with Crippen molar-refractivity contribution in [1.82, 2.24) is 14.7 Å². The molecule has 1 aliphatic rings. The van der Waals surface area contributed by atoms with E-state index in [9.17, 15) is 4.79 Å². The maximum Gasteiger partial charge on any atom is 0.239 e. The molecule has 2 aromatic rings. The van der Waals surface area contributed by atoms with E-state index < -0.39 is 0 Å². The van der Waals surface area contributed by atoms with Crippen LogP contribution in [0.2, 0.25) is 0 Å². The second-order valence-electron chi connectivity index (χ2n) is 6.99. The zero-order valence-electron chi connectivity index (χ0n) is 15.6. The van der Waals surface area contributed by atoms with Crippen LogP contribution in [0.1, 0.15) is 19.4 Å². The zero-order chi connectivity index (χ0) is 17.8. The smallest absolute Gasteiger partial charge is 0.239 e. The maximum atomic E-state index is 12.9. The highest BCUT2D eigenvalue weighted by atomic mass is 16.2. The number of fused-ring (bicyclic) bond motifs is 1. The molecule has 1 atom stereocenters. The molecule has 0 aromatic heterocycles. The quantitative estimate of drug-likeness (QED) is 0.838. The van der Waals surface area contributed by atoms with Gasteiger partial charge in [0.05, 0.1) is 6.04 Å². The van der Waals surface area contributed by atoms with Gasteiger partial charge in [-0.15, -0.1) is 0 Å². The van der Waals surface area contributed by atoms with Gasteiger partial charge in [-0.3, -0.25) is 9.69 Å². The van der Waals surface area contributed by atoms with Gasteiger partial charge < -0.3 is 9.80 Å². The Kier molecular flexibility index (Phi) is 5.71. The van der Waals surface area contributed by atoms with Crippen molar-refractivity contribution < 1.29 is 4.79 Å². The standard InChI is InChI=1S/C21H29N3O/c1-4-23-12-14-24(15-13-23)21(25)17(2)22(3)16-19-10-7-9-18-8-5-6-11-20(18)19/h5-11,17H,4,12-16H2,1-3H3. The number of nitrogens with zero attached hydrogens (tertiary/aromatic N) is 3. The number of likely N-dealkylation sites (N-methyl/N-ethyl adjacent to an activating group) is 2. The van der Waals surface area contributed by atoms with Gasteiger partial charge in [-0.25, -0.2) is 0 Å². The van der Waals surface area contributed by atoms with E-state index in [-0.39, 0.29) is 11.9 Å². The van der Waals surface area contributed by atoms with Crippen molar-refractivity contribution in [1.29, 1.82) is 0 Å². The Labute approximate surface area is 151 Å². The van der Waals surface area contributed by atoms with E-state index in [1.165, 1.54) is 16.3 Å². The van der Waals surface area contributed by atoms with Crippen LogP contribution in [0.4, 0.5) is 0 Å². The van der Waals surface area contributed by atoms with Crippen LogP contribution in [-0.4, -0.2) is 66.4 Å². The molecule has 0 N–H and O–H groups in total. The van der Waals surface area contributed by atoms with Crippen LogP contribution in [0.25, 0.3) is 10.8 Å². The lowest BCUT2D eigenvalue weighted by Crippen LogP contribution is -2.53. The molecule has 134 valence electrons. The Balaban J connectivity index is 1.66. The lowest BCUT2D eigenvalue weighted by molar-refractivity contribution is -0.137. The Morgan fingerprint density at radius 3 is 2.48 bits per heavy atom. The fraction of sp³-hybridized carbons (Fsp3) is 0.476. The molecule has 1 amide bonds. The van der Waals surface area contributed by atoms with E-state index in [4.69, 9.17) is 0 Å². The van der Waals surface area contributed by atoms with E-state index >= 15 is 0 Å². The third-order valence-electron chi connectivity index (χ3n) is 5.45. The van der Waals surface area contributed by atoms with Crippen LogP contribution in [0.3, 0.4) is 0 Å². The molecule has 0 bridgehead atoms. The van der Waals surface area contributed by atoms with Gasteiger partial charge in [0.25, 0.3) is 0 Å². The molecule has 1 saturated heterocycles. The van der Waals surface area contributed by atoms with E-state index in [1.54, 1.807) is 0 Å². The Hall–Kier alpha value is -1.91. The first-order valence-corrected chi connectivity index (χ1v) is 9.28. The summed E-state index contributed by atoms with van der Waals surface area (Å²) >= 11 is 0. The highest BCUT2D eigenvalue weighted by Gasteiger charge is 2.26. The molecule has 1 aliphatic heterocycles. The predicted molar refractivity (Wildman–Crippen MR) is 104 cm³/mol. The average Bonchev–Trinajstić information content (AvgIpc) is 2.67. The summed E-state index contributed by atoms with van der Waals surface area (Å²) in [5, 5.41) is 2.52. The summed E-state index contributed by atoms with van der Waals surface area (Å²) in [6.07, 6.45) is 0. The minimum absolute atomic E-state index is 0.104. The number of carbonyl (C=O) groups is 1. The first-order valence-electron chi connectivity index (χ1n) is 9.28. The zero-order valence-corrected chi connectivity index (χ0v) is 15.6. The molecule has 4 nitrogen and oxygen atoms in total. The number of piperazine rings is 1. The second-order valence-corrected chi connectivity index (χ2v) is 6.99. The van der Waals surface area contributed by atoms with Gasteiger partial charge in [0.15, 0.2) is 0 Å². The summed E-state index contributed by atoms with van der Waals surface area (Å²) in [7, 11) is 2.05. The first kappa shape index (κ1) is 17.9. The monoisotopic (exact) mass is 339 g/mol. The summed E-state index contributed by atoms with van der Waals surface area (Å²) < 4.78 is 0. The van der Waals surface area contributed by atoms with Crippen LogP contribution < -0.4 is 0 Å². The minimum atomic E-state index is -0.104.